The van der Waals surface area contributed by atoms with Gasteiger partial charge in [0.2, 0.25) is 5.91 Å². The molecule has 0 saturated carbocycles. The lowest BCUT2D eigenvalue weighted by Crippen LogP contribution is -2.30. The van der Waals surface area contributed by atoms with Crippen molar-refractivity contribution in [2.45, 2.75) is 57.6 Å². The molecule has 1 atom stereocenters. The lowest BCUT2D eigenvalue weighted by molar-refractivity contribution is -0.142. The van der Waals surface area contributed by atoms with Gasteiger partial charge in [0.05, 0.1) is 17.3 Å². The number of thioether (sulfide) groups is 1. The molecule has 7 heteroatoms. The van der Waals surface area contributed by atoms with Gasteiger partial charge in [0.15, 0.2) is 0 Å². The third-order valence-electron chi connectivity index (χ3n) is 3.85. The average Bonchev–Trinajstić information content (AvgIpc) is 2.56. The van der Waals surface area contributed by atoms with Crippen molar-refractivity contribution in [3.05, 3.63) is 23.0 Å². The van der Waals surface area contributed by atoms with Gasteiger partial charge in [-0.05, 0) is 31.9 Å². The lowest BCUT2D eigenvalue weighted by atomic mass is 9.89. The molecule has 0 heterocycles. The van der Waals surface area contributed by atoms with Crippen molar-refractivity contribution in [1.82, 2.24) is 0 Å². The fourth-order valence-corrected chi connectivity index (χ4v) is 2.91. The molecule has 0 spiro atoms. The fraction of sp³-hybridized carbons (Fsp3) is 0.556. The highest BCUT2D eigenvalue weighted by molar-refractivity contribution is 8.00. The minimum absolute atomic E-state index is 0.0487. The topological polar surface area (TPSA) is 55.4 Å². The molecule has 1 unspecified atom stereocenters. The average molecular weight is 390 g/mol. The number of esters is 1. The largest absolute Gasteiger partial charge is 0.465 e. The van der Waals surface area contributed by atoms with Gasteiger partial charge < -0.3 is 10.1 Å². The van der Waals surface area contributed by atoms with Gasteiger partial charge in [-0.15, -0.1) is 11.8 Å². The second kappa shape index (κ2) is 9.43. The quantitative estimate of drug-likeness (QED) is 0.485. The molecule has 25 heavy (non-hydrogen) atoms. The molecule has 1 aromatic carbocycles. The smallest absolute Gasteiger partial charge is 0.319 e. The van der Waals surface area contributed by atoms with E-state index in [0.29, 0.717) is 17.9 Å². The SMILES string of the molecule is CCCOC(=O)C(C)Sc1cc(NC(=O)C(C)(C)CC)c(F)cc1Cl. The van der Waals surface area contributed by atoms with Crippen LogP contribution in [0.5, 0.6) is 0 Å². The number of carbonyl (C=O) groups excluding carboxylic acids is 2. The van der Waals surface area contributed by atoms with Gasteiger partial charge in [0, 0.05) is 10.3 Å². The van der Waals surface area contributed by atoms with Gasteiger partial charge in [-0.3, -0.25) is 9.59 Å². The maximum atomic E-state index is 14.1. The Morgan fingerprint density at radius 2 is 2.00 bits per heavy atom. The van der Waals surface area contributed by atoms with Crippen LogP contribution in [0.15, 0.2) is 17.0 Å². The zero-order valence-corrected chi connectivity index (χ0v) is 16.8. The second-order valence-corrected chi connectivity index (χ2v) is 8.17. The van der Waals surface area contributed by atoms with E-state index in [1.165, 1.54) is 17.8 Å². The maximum absolute atomic E-state index is 14.1. The first-order valence-electron chi connectivity index (χ1n) is 8.26. The molecule has 0 aliphatic carbocycles. The van der Waals surface area contributed by atoms with Crippen molar-refractivity contribution in [3.63, 3.8) is 0 Å². The number of anilines is 1. The molecule has 0 aliphatic rings. The van der Waals surface area contributed by atoms with Crippen LogP contribution in [0.4, 0.5) is 10.1 Å². The van der Waals surface area contributed by atoms with Crippen LogP contribution in [-0.4, -0.2) is 23.7 Å². The standard InChI is InChI=1S/C18H25ClFNO3S/c1-6-8-24-16(22)11(3)25-15-10-14(13(20)9-12(15)19)21-17(23)18(4,5)7-2/h9-11H,6-8H2,1-5H3,(H,21,23). The number of nitrogens with one attached hydrogen (secondary N) is 1. The van der Waals surface area contributed by atoms with Crippen molar-refractivity contribution < 1.29 is 18.7 Å². The van der Waals surface area contributed by atoms with E-state index in [4.69, 9.17) is 16.3 Å². The molecular weight excluding hydrogens is 365 g/mol. The Morgan fingerprint density at radius 3 is 2.56 bits per heavy atom. The van der Waals surface area contributed by atoms with Crippen LogP contribution in [0.25, 0.3) is 0 Å². The van der Waals surface area contributed by atoms with Crippen molar-refractivity contribution >= 4 is 40.9 Å². The minimum atomic E-state index is -0.615. The van der Waals surface area contributed by atoms with Crippen LogP contribution in [-0.2, 0) is 14.3 Å². The number of hydrogen-bond donors (Lipinski definition) is 1. The zero-order chi connectivity index (χ0) is 19.2. The molecule has 1 N–H and O–H groups in total. The van der Waals surface area contributed by atoms with Gasteiger partial charge in [-0.1, -0.05) is 39.3 Å². The van der Waals surface area contributed by atoms with E-state index in [1.807, 2.05) is 13.8 Å². The van der Waals surface area contributed by atoms with E-state index in [9.17, 15) is 14.0 Å². The molecule has 0 saturated heterocycles. The Balaban J connectivity index is 2.96. The summed E-state index contributed by atoms with van der Waals surface area (Å²) in [6.07, 6.45) is 1.36. The fourth-order valence-electron chi connectivity index (χ4n) is 1.73. The van der Waals surface area contributed by atoms with Gasteiger partial charge >= 0.3 is 5.97 Å². The van der Waals surface area contributed by atoms with Crippen LogP contribution in [0.3, 0.4) is 0 Å². The monoisotopic (exact) mass is 389 g/mol. The summed E-state index contributed by atoms with van der Waals surface area (Å²) < 4.78 is 19.2. The Labute approximate surface area is 157 Å². The summed E-state index contributed by atoms with van der Waals surface area (Å²) >= 11 is 7.25. The highest BCUT2D eigenvalue weighted by Gasteiger charge is 2.26. The summed E-state index contributed by atoms with van der Waals surface area (Å²) in [4.78, 5) is 24.7. The summed E-state index contributed by atoms with van der Waals surface area (Å²) in [6, 6.07) is 2.60. The first-order valence-corrected chi connectivity index (χ1v) is 9.51. The van der Waals surface area contributed by atoms with Crippen LogP contribution < -0.4 is 5.32 Å². The number of amides is 1. The summed E-state index contributed by atoms with van der Waals surface area (Å²) in [5, 5.41) is 2.29. The highest BCUT2D eigenvalue weighted by atomic mass is 35.5. The molecule has 0 bridgehead atoms. The molecule has 4 nitrogen and oxygen atoms in total. The number of carbonyl (C=O) groups is 2. The third kappa shape index (κ3) is 6.19. The van der Waals surface area contributed by atoms with Crippen molar-refractivity contribution in [2.75, 3.05) is 11.9 Å². The molecule has 1 aromatic rings. The molecule has 0 fully saturated rings. The summed E-state index contributed by atoms with van der Waals surface area (Å²) in [7, 11) is 0. The Kier molecular flexibility index (Phi) is 8.22. The van der Waals surface area contributed by atoms with Gasteiger partial charge in [-0.2, -0.15) is 0 Å². The minimum Gasteiger partial charge on any atom is -0.465 e. The molecule has 1 rings (SSSR count). The molecule has 0 aliphatic heterocycles. The summed E-state index contributed by atoms with van der Waals surface area (Å²) in [5.74, 6) is -1.25. The number of ether oxygens (including phenoxy) is 1. The van der Waals surface area contributed by atoms with E-state index in [-0.39, 0.29) is 22.6 Å². The third-order valence-corrected chi connectivity index (χ3v) is 5.41. The Morgan fingerprint density at radius 1 is 1.36 bits per heavy atom. The lowest BCUT2D eigenvalue weighted by Gasteiger charge is -2.22. The number of rotatable bonds is 8. The van der Waals surface area contributed by atoms with Crippen molar-refractivity contribution in [2.24, 2.45) is 5.41 Å². The van der Waals surface area contributed by atoms with E-state index < -0.39 is 16.5 Å². The Bertz CT molecular complexity index is 637. The predicted octanol–water partition coefficient (Wildman–Crippen LogP) is 5.29. The van der Waals surface area contributed by atoms with Crippen LogP contribution in [0.1, 0.15) is 47.5 Å². The van der Waals surface area contributed by atoms with E-state index >= 15 is 0 Å². The molecule has 1 amide bonds. The predicted molar refractivity (Wildman–Crippen MR) is 101 cm³/mol. The summed E-state index contributed by atoms with van der Waals surface area (Å²) in [5.41, 5.74) is -0.566. The maximum Gasteiger partial charge on any atom is 0.319 e. The van der Waals surface area contributed by atoms with Gasteiger partial charge in [0.25, 0.3) is 0 Å². The summed E-state index contributed by atoms with van der Waals surface area (Å²) in [6.45, 7) is 9.43. The molecular formula is C18H25ClFNO3S. The Hall–Kier alpha value is -1.27. The normalized spacial score (nSPS) is 12.6. The molecule has 140 valence electrons. The highest BCUT2D eigenvalue weighted by Crippen LogP contribution is 2.35. The van der Waals surface area contributed by atoms with Crippen LogP contribution in [0, 0.1) is 11.2 Å². The van der Waals surface area contributed by atoms with Gasteiger partial charge in [-0.25, -0.2) is 4.39 Å². The van der Waals surface area contributed by atoms with Crippen LogP contribution >= 0.6 is 23.4 Å². The molecule has 0 radical (unpaired) electrons. The van der Waals surface area contributed by atoms with Crippen molar-refractivity contribution in [1.29, 1.82) is 0 Å². The number of hydrogen-bond acceptors (Lipinski definition) is 4. The molecule has 0 aromatic heterocycles. The first kappa shape index (κ1) is 21.8. The van der Waals surface area contributed by atoms with Crippen LogP contribution in [0.2, 0.25) is 5.02 Å². The van der Waals surface area contributed by atoms with E-state index in [0.717, 1.165) is 12.5 Å². The number of benzene rings is 1. The first-order chi connectivity index (χ1) is 11.6. The van der Waals surface area contributed by atoms with E-state index in [1.54, 1.807) is 20.8 Å². The van der Waals surface area contributed by atoms with Crippen molar-refractivity contribution in [3.8, 4) is 0 Å². The van der Waals surface area contributed by atoms with E-state index in [2.05, 4.69) is 5.32 Å². The second-order valence-electron chi connectivity index (χ2n) is 6.38. The van der Waals surface area contributed by atoms with Gasteiger partial charge in [0.1, 0.15) is 11.1 Å². The number of halogens is 2. The zero-order valence-electron chi connectivity index (χ0n) is 15.2.